The third kappa shape index (κ3) is 2.82. The molecule has 1 N–H and O–H groups in total. The zero-order valence-corrected chi connectivity index (χ0v) is 9.92. The van der Waals surface area contributed by atoms with Crippen LogP contribution in [0.4, 0.5) is 0 Å². The van der Waals surface area contributed by atoms with Crippen LogP contribution in [0.25, 0.3) is 0 Å². The van der Waals surface area contributed by atoms with E-state index in [-0.39, 0.29) is 11.3 Å². The van der Waals surface area contributed by atoms with Crippen LogP contribution < -0.4 is 5.32 Å². The highest BCUT2D eigenvalue weighted by molar-refractivity contribution is 5.96. The Morgan fingerprint density at radius 1 is 1.27 bits per heavy atom. The van der Waals surface area contributed by atoms with Gasteiger partial charge in [-0.15, -0.1) is 0 Å². The predicted molar refractivity (Wildman–Crippen MR) is 63.1 cm³/mol. The summed E-state index contributed by atoms with van der Waals surface area (Å²) in [6.45, 7) is 8.94. The van der Waals surface area contributed by atoms with Crippen molar-refractivity contribution in [1.82, 2.24) is 5.32 Å². The second kappa shape index (κ2) is 4.47. The average Bonchev–Trinajstić information content (AvgIpc) is 2.17. The van der Waals surface area contributed by atoms with E-state index in [4.69, 9.17) is 0 Å². The second-order valence-corrected chi connectivity index (χ2v) is 4.66. The summed E-state index contributed by atoms with van der Waals surface area (Å²) < 4.78 is 0. The molecule has 0 saturated carbocycles. The monoisotopic (exact) mass is 205 g/mol. The van der Waals surface area contributed by atoms with Gasteiger partial charge in [0.25, 0.3) is 5.91 Å². The Kier molecular flexibility index (Phi) is 3.51. The maximum atomic E-state index is 11.8. The van der Waals surface area contributed by atoms with Crippen molar-refractivity contribution in [2.75, 3.05) is 6.54 Å². The first-order valence-corrected chi connectivity index (χ1v) is 5.34. The lowest BCUT2D eigenvalue weighted by Crippen LogP contribution is -2.26. The van der Waals surface area contributed by atoms with Crippen LogP contribution >= 0.6 is 0 Å². The minimum absolute atomic E-state index is 0.00166. The number of hydrogen-bond acceptors (Lipinski definition) is 1. The molecule has 0 aromatic heterocycles. The number of benzene rings is 1. The number of nitrogens with one attached hydrogen (secondary N) is 1. The molecule has 1 amide bonds. The van der Waals surface area contributed by atoms with Gasteiger partial charge in [0.1, 0.15) is 0 Å². The van der Waals surface area contributed by atoms with Gasteiger partial charge in [0.2, 0.25) is 0 Å². The number of amides is 1. The van der Waals surface area contributed by atoms with Gasteiger partial charge >= 0.3 is 0 Å². The standard InChI is InChI=1S/C13H19NO/c1-5-14-12(15)10-8-6-7-9-11(10)13(2,3)4/h6-9H,5H2,1-4H3,(H,14,15). The number of carbonyl (C=O) groups is 1. The molecule has 0 aliphatic rings. The molecule has 0 radical (unpaired) electrons. The fraction of sp³-hybridized carbons (Fsp3) is 0.462. The van der Waals surface area contributed by atoms with E-state index >= 15 is 0 Å². The van der Waals surface area contributed by atoms with Gasteiger partial charge in [0, 0.05) is 12.1 Å². The lowest BCUT2D eigenvalue weighted by molar-refractivity contribution is 0.0953. The van der Waals surface area contributed by atoms with Gasteiger partial charge in [-0.2, -0.15) is 0 Å². The van der Waals surface area contributed by atoms with E-state index in [0.717, 1.165) is 11.1 Å². The molecule has 2 nitrogen and oxygen atoms in total. The SMILES string of the molecule is CCNC(=O)c1ccccc1C(C)(C)C. The minimum atomic E-state index is 0.00166. The Morgan fingerprint density at radius 2 is 1.87 bits per heavy atom. The largest absolute Gasteiger partial charge is 0.352 e. The average molecular weight is 205 g/mol. The highest BCUT2D eigenvalue weighted by Crippen LogP contribution is 2.25. The zero-order valence-electron chi connectivity index (χ0n) is 9.92. The Bertz CT molecular complexity index is 350. The fourth-order valence-electron chi connectivity index (χ4n) is 1.59. The van der Waals surface area contributed by atoms with Crippen LogP contribution in [-0.4, -0.2) is 12.5 Å². The van der Waals surface area contributed by atoms with Crippen molar-refractivity contribution in [1.29, 1.82) is 0 Å². The minimum Gasteiger partial charge on any atom is -0.352 e. The van der Waals surface area contributed by atoms with Gasteiger partial charge in [0.05, 0.1) is 0 Å². The van der Waals surface area contributed by atoms with Crippen LogP contribution in [0.5, 0.6) is 0 Å². The highest BCUT2D eigenvalue weighted by Gasteiger charge is 2.20. The van der Waals surface area contributed by atoms with E-state index in [9.17, 15) is 4.79 Å². The summed E-state index contributed by atoms with van der Waals surface area (Å²) in [5.74, 6) is 0.0167. The number of hydrogen-bond donors (Lipinski definition) is 1. The lowest BCUT2D eigenvalue weighted by atomic mass is 9.83. The number of carbonyl (C=O) groups excluding carboxylic acids is 1. The molecule has 0 aliphatic heterocycles. The smallest absolute Gasteiger partial charge is 0.251 e. The maximum absolute atomic E-state index is 11.8. The first-order valence-electron chi connectivity index (χ1n) is 5.34. The summed E-state index contributed by atoms with van der Waals surface area (Å²) in [4.78, 5) is 11.8. The molecule has 1 aromatic carbocycles. The molecule has 15 heavy (non-hydrogen) atoms. The van der Waals surface area contributed by atoms with Gasteiger partial charge in [0.15, 0.2) is 0 Å². The summed E-state index contributed by atoms with van der Waals surface area (Å²) in [7, 11) is 0. The summed E-state index contributed by atoms with van der Waals surface area (Å²) in [6.07, 6.45) is 0. The van der Waals surface area contributed by atoms with Crippen molar-refractivity contribution in [3.63, 3.8) is 0 Å². The molecular weight excluding hydrogens is 186 g/mol. The van der Waals surface area contributed by atoms with Crippen molar-refractivity contribution < 1.29 is 4.79 Å². The van der Waals surface area contributed by atoms with E-state index in [1.165, 1.54) is 0 Å². The summed E-state index contributed by atoms with van der Waals surface area (Å²) >= 11 is 0. The van der Waals surface area contributed by atoms with Crippen molar-refractivity contribution in [3.05, 3.63) is 35.4 Å². The van der Waals surface area contributed by atoms with Crippen LogP contribution in [0.2, 0.25) is 0 Å². The highest BCUT2D eigenvalue weighted by atomic mass is 16.1. The third-order valence-electron chi connectivity index (χ3n) is 2.32. The van der Waals surface area contributed by atoms with Crippen LogP contribution in [0.1, 0.15) is 43.6 Å². The zero-order chi connectivity index (χ0) is 11.5. The van der Waals surface area contributed by atoms with Crippen molar-refractivity contribution >= 4 is 5.91 Å². The quantitative estimate of drug-likeness (QED) is 0.790. The maximum Gasteiger partial charge on any atom is 0.251 e. The summed E-state index contributed by atoms with van der Waals surface area (Å²) in [5, 5.41) is 2.84. The van der Waals surface area contributed by atoms with E-state index in [1.54, 1.807) is 0 Å². The topological polar surface area (TPSA) is 29.1 Å². The Hall–Kier alpha value is -1.31. The Labute approximate surface area is 91.7 Å². The van der Waals surface area contributed by atoms with Crippen LogP contribution in [0.15, 0.2) is 24.3 Å². The predicted octanol–water partition coefficient (Wildman–Crippen LogP) is 2.73. The van der Waals surface area contributed by atoms with Gasteiger partial charge < -0.3 is 5.32 Å². The van der Waals surface area contributed by atoms with Gasteiger partial charge in [-0.25, -0.2) is 0 Å². The van der Waals surface area contributed by atoms with E-state index in [1.807, 2.05) is 31.2 Å². The molecule has 82 valence electrons. The lowest BCUT2D eigenvalue weighted by Gasteiger charge is -2.22. The molecule has 2 heteroatoms. The van der Waals surface area contributed by atoms with Gasteiger partial charge in [-0.1, -0.05) is 39.0 Å². The summed E-state index contributed by atoms with van der Waals surface area (Å²) in [6, 6.07) is 7.78. The van der Waals surface area contributed by atoms with Crippen molar-refractivity contribution in [2.24, 2.45) is 0 Å². The molecule has 0 aliphatic carbocycles. The molecule has 0 bridgehead atoms. The number of rotatable bonds is 2. The van der Waals surface area contributed by atoms with E-state index in [0.29, 0.717) is 6.54 Å². The normalized spacial score (nSPS) is 11.2. The van der Waals surface area contributed by atoms with Crippen LogP contribution in [0.3, 0.4) is 0 Å². The van der Waals surface area contributed by atoms with Crippen LogP contribution in [-0.2, 0) is 5.41 Å². The van der Waals surface area contributed by atoms with Gasteiger partial charge in [-0.05, 0) is 24.0 Å². The Morgan fingerprint density at radius 3 is 2.40 bits per heavy atom. The first-order chi connectivity index (χ1) is 6.96. The molecule has 0 heterocycles. The second-order valence-electron chi connectivity index (χ2n) is 4.66. The molecule has 0 atom stereocenters. The van der Waals surface area contributed by atoms with Gasteiger partial charge in [-0.3, -0.25) is 4.79 Å². The van der Waals surface area contributed by atoms with Crippen molar-refractivity contribution in [3.8, 4) is 0 Å². The molecule has 1 aromatic rings. The molecule has 0 spiro atoms. The fourth-order valence-corrected chi connectivity index (χ4v) is 1.59. The molecule has 0 fully saturated rings. The molecule has 1 rings (SSSR count). The molecule has 0 unspecified atom stereocenters. The molecule has 0 saturated heterocycles. The van der Waals surface area contributed by atoms with E-state index < -0.39 is 0 Å². The van der Waals surface area contributed by atoms with Crippen molar-refractivity contribution in [2.45, 2.75) is 33.1 Å². The first kappa shape index (κ1) is 11.8. The summed E-state index contributed by atoms with van der Waals surface area (Å²) in [5.41, 5.74) is 1.88. The molecular formula is C13H19NO. The van der Waals surface area contributed by atoms with Crippen LogP contribution in [0, 0.1) is 0 Å². The van der Waals surface area contributed by atoms with E-state index in [2.05, 4.69) is 26.1 Å². The Balaban J connectivity index is 3.12. The third-order valence-corrected chi connectivity index (χ3v) is 2.32.